The molecule has 1 heteroatoms. The van der Waals surface area contributed by atoms with E-state index in [2.05, 4.69) is 68.8 Å². The second-order valence-corrected chi connectivity index (χ2v) is 6.93. The van der Waals surface area contributed by atoms with E-state index >= 15 is 0 Å². The zero-order chi connectivity index (χ0) is 16.8. The van der Waals surface area contributed by atoms with Crippen molar-refractivity contribution in [3.63, 3.8) is 0 Å². The number of unbranched alkanes of at least 4 members (excludes halogenated alkanes) is 3. The average molecular weight is 409 g/mol. The average Bonchev–Trinajstić information content (AvgIpc) is 3.03. The van der Waals surface area contributed by atoms with Gasteiger partial charge in [0, 0.05) is 32.6 Å². The summed E-state index contributed by atoms with van der Waals surface area (Å²) in [5.74, 6) is 0. The molecule has 0 N–H and O–H groups in total. The molecule has 0 nitrogen and oxygen atoms in total. The summed E-state index contributed by atoms with van der Waals surface area (Å²) in [6, 6.07) is 15.8. The second-order valence-electron chi connectivity index (χ2n) is 6.93. The van der Waals surface area contributed by atoms with E-state index < -0.39 is 0 Å². The molecule has 0 fully saturated rings. The first-order valence-electron chi connectivity index (χ1n) is 9.59. The Balaban J connectivity index is 0.00000225. The summed E-state index contributed by atoms with van der Waals surface area (Å²) in [5.41, 5.74) is 8.43. The van der Waals surface area contributed by atoms with Gasteiger partial charge in [-0.1, -0.05) is 93.6 Å². The number of hydrogen-bond donors (Lipinski definition) is 0. The van der Waals surface area contributed by atoms with E-state index in [1.807, 2.05) is 0 Å². The monoisotopic (exact) mass is 407 g/mol. The van der Waals surface area contributed by atoms with E-state index in [1.165, 1.54) is 78.3 Å². The molecule has 25 heavy (non-hydrogen) atoms. The maximum absolute atomic E-state index is 2.41. The second kappa shape index (κ2) is 10.3. The Morgan fingerprint density at radius 1 is 0.760 bits per heavy atom. The maximum Gasteiger partial charge on any atom is 0.0164 e. The first-order valence-corrected chi connectivity index (χ1v) is 9.59. The van der Waals surface area contributed by atoms with Crippen LogP contribution in [0.25, 0.3) is 17.2 Å². The third kappa shape index (κ3) is 5.27. The van der Waals surface area contributed by atoms with E-state index in [4.69, 9.17) is 0 Å². The van der Waals surface area contributed by atoms with Crippen molar-refractivity contribution in [3.8, 4) is 11.1 Å². The van der Waals surface area contributed by atoms with Crippen LogP contribution in [0.2, 0.25) is 0 Å². The molecule has 0 saturated heterocycles. The molecule has 1 radical (unpaired) electrons. The van der Waals surface area contributed by atoms with Gasteiger partial charge >= 0.3 is 0 Å². The summed E-state index contributed by atoms with van der Waals surface area (Å²) < 4.78 is 0. The van der Waals surface area contributed by atoms with Crippen molar-refractivity contribution in [2.75, 3.05) is 0 Å². The van der Waals surface area contributed by atoms with Crippen molar-refractivity contribution in [2.45, 2.75) is 58.8 Å². The summed E-state index contributed by atoms with van der Waals surface area (Å²) in [7, 11) is 0. The molecule has 0 heterocycles. The zero-order valence-electron chi connectivity index (χ0n) is 15.6. The number of benzene rings is 2. The number of rotatable bonds is 8. The SMILES string of the molecule is CCCCCCC1=Cc2c(cccc2-c2ccc(CCC)cc2)[CH]1.[Zr]. The fourth-order valence-electron chi connectivity index (χ4n) is 3.59. The van der Waals surface area contributed by atoms with Gasteiger partial charge in [-0.15, -0.1) is 0 Å². The summed E-state index contributed by atoms with van der Waals surface area (Å²) in [6.45, 7) is 4.51. The Hall–Kier alpha value is -0.937. The van der Waals surface area contributed by atoms with Crippen LogP contribution in [-0.2, 0) is 32.6 Å². The van der Waals surface area contributed by atoms with Crippen molar-refractivity contribution in [1.82, 2.24) is 0 Å². The van der Waals surface area contributed by atoms with Gasteiger partial charge in [0.05, 0.1) is 0 Å². The van der Waals surface area contributed by atoms with Crippen LogP contribution in [0.5, 0.6) is 0 Å². The van der Waals surface area contributed by atoms with Gasteiger partial charge in [-0.2, -0.15) is 0 Å². The van der Waals surface area contributed by atoms with Crippen LogP contribution in [0.4, 0.5) is 0 Å². The molecule has 0 saturated carbocycles. The summed E-state index contributed by atoms with van der Waals surface area (Å²) in [6.07, 6.45) is 13.7. The Morgan fingerprint density at radius 2 is 1.56 bits per heavy atom. The van der Waals surface area contributed by atoms with Gasteiger partial charge in [0.25, 0.3) is 0 Å². The first-order chi connectivity index (χ1) is 11.8. The van der Waals surface area contributed by atoms with Gasteiger partial charge in [-0.3, -0.25) is 0 Å². The third-order valence-electron chi connectivity index (χ3n) is 4.93. The quantitative estimate of drug-likeness (QED) is 0.404. The third-order valence-corrected chi connectivity index (χ3v) is 4.93. The van der Waals surface area contributed by atoms with E-state index in [1.54, 1.807) is 0 Å². The van der Waals surface area contributed by atoms with Crippen molar-refractivity contribution >= 4 is 6.08 Å². The molecule has 1 aliphatic carbocycles. The van der Waals surface area contributed by atoms with Gasteiger partial charge in [0.2, 0.25) is 0 Å². The predicted molar refractivity (Wildman–Crippen MR) is 106 cm³/mol. The minimum Gasteiger partial charge on any atom is -0.0654 e. The summed E-state index contributed by atoms with van der Waals surface area (Å²) >= 11 is 0. The Kier molecular flexibility index (Phi) is 8.37. The molecule has 2 aromatic rings. The van der Waals surface area contributed by atoms with Crippen LogP contribution in [0.3, 0.4) is 0 Å². The van der Waals surface area contributed by atoms with Crippen LogP contribution >= 0.6 is 0 Å². The van der Waals surface area contributed by atoms with Crippen LogP contribution in [0, 0.1) is 6.42 Å². The predicted octanol–water partition coefficient (Wildman–Crippen LogP) is 7.22. The molecule has 0 amide bonds. The minimum absolute atomic E-state index is 0. The fourth-order valence-corrected chi connectivity index (χ4v) is 3.59. The van der Waals surface area contributed by atoms with Gasteiger partial charge < -0.3 is 0 Å². The maximum atomic E-state index is 2.41. The fraction of sp³-hybridized carbons (Fsp3) is 0.375. The standard InChI is InChI=1S/C24H29.Zr/c1-3-5-6-7-10-20-17-22-11-8-12-23(24(22)18-20)21-15-13-19(9-4-2)14-16-21;/h8,11-18H,3-7,9-10H2,1-2H3;. The Bertz CT molecular complexity index is 695. The molecule has 129 valence electrons. The topological polar surface area (TPSA) is 0 Å². The number of hydrogen-bond acceptors (Lipinski definition) is 0. The van der Waals surface area contributed by atoms with Crippen molar-refractivity contribution in [1.29, 1.82) is 0 Å². The molecular weight excluding hydrogens is 379 g/mol. The molecule has 0 unspecified atom stereocenters. The van der Waals surface area contributed by atoms with Gasteiger partial charge in [-0.05, 0) is 47.1 Å². The van der Waals surface area contributed by atoms with Crippen LogP contribution in [-0.4, -0.2) is 0 Å². The van der Waals surface area contributed by atoms with E-state index in [-0.39, 0.29) is 26.2 Å². The van der Waals surface area contributed by atoms with Gasteiger partial charge in [0.1, 0.15) is 0 Å². The molecule has 1 aliphatic rings. The zero-order valence-corrected chi connectivity index (χ0v) is 18.1. The molecule has 0 spiro atoms. The van der Waals surface area contributed by atoms with Crippen molar-refractivity contribution < 1.29 is 26.2 Å². The molecule has 3 rings (SSSR count). The summed E-state index contributed by atoms with van der Waals surface area (Å²) in [4.78, 5) is 0. The number of allylic oxidation sites excluding steroid dienone is 1. The van der Waals surface area contributed by atoms with Gasteiger partial charge in [0.15, 0.2) is 0 Å². The largest absolute Gasteiger partial charge is 0.0654 e. The molecule has 0 aliphatic heterocycles. The van der Waals surface area contributed by atoms with E-state index in [0.717, 1.165) is 0 Å². The van der Waals surface area contributed by atoms with Gasteiger partial charge in [-0.25, -0.2) is 0 Å². The van der Waals surface area contributed by atoms with Crippen molar-refractivity contribution in [3.05, 3.63) is 71.1 Å². The molecule has 0 atom stereocenters. The van der Waals surface area contributed by atoms with E-state index in [0.29, 0.717) is 0 Å². The smallest absolute Gasteiger partial charge is 0.0164 e. The Morgan fingerprint density at radius 3 is 2.28 bits per heavy atom. The van der Waals surface area contributed by atoms with Crippen molar-refractivity contribution in [2.24, 2.45) is 0 Å². The van der Waals surface area contributed by atoms with Crippen LogP contribution in [0.15, 0.2) is 48.0 Å². The molecular formula is C24H29Zr. The number of aryl methyl sites for hydroxylation is 1. The van der Waals surface area contributed by atoms with Crippen LogP contribution < -0.4 is 0 Å². The number of fused-ring (bicyclic) bond motifs is 1. The molecule has 0 aromatic heterocycles. The summed E-state index contributed by atoms with van der Waals surface area (Å²) in [5, 5.41) is 0. The normalized spacial score (nSPS) is 12.5. The van der Waals surface area contributed by atoms with E-state index in [9.17, 15) is 0 Å². The first kappa shape index (κ1) is 20.4. The minimum atomic E-state index is 0. The Labute approximate surface area is 172 Å². The molecule has 2 aromatic carbocycles. The van der Waals surface area contributed by atoms with Crippen LogP contribution in [0.1, 0.15) is 69.1 Å². The molecule has 0 bridgehead atoms.